The van der Waals surface area contributed by atoms with Crippen LogP contribution in [0.25, 0.3) is 0 Å². The van der Waals surface area contributed by atoms with Crippen molar-refractivity contribution in [2.75, 3.05) is 44.2 Å². The largest absolute Gasteiger partial charge is 0.417 e. The third kappa shape index (κ3) is 6.39. The van der Waals surface area contributed by atoms with Crippen LogP contribution >= 0.6 is 11.6 Å². The number of carbonyl (C=O) groups is 1. The standard InChI is InChI=1S/C31H32ClF4N3O3S/c1-20-7-8-22(32)18-28(20)37-13-15-38(16-14-37)30(40)26-19-39(12-11-25(26)24-10-9-23(33)17-21(24)2)43(41,42)29-6-4-3-5-27(29)31(34,35)36/h3-10,17-18,25-26H,11-16,19H2,1-2H3/t25-,26-/m0/s1. The van der Waals surface area contributed by atoms with Crippen molar-refractivity contribution < 1.29 is 30.8 Å². The number of alkyl halides is 3. The lowest BCUT2D eigenvalue weighted by molar-refractivity contribution is -0.140. The van der Waals surface area contributed by atoms with Crippen LogP contribution in [0.4, 0.5) is 23.2 Å². The molecule has 2 aliphatic heterocycles. The molecule has 2 aliphatic rings. The highest BCUT2D eigenvalue weighted by molar-refractivity contribution is 7.89. The second kappa shape index (κ2) is 12.1. The van der Waals surface area contributed by atoms with E-state index >= 15 is 0 Å². The summed E-state index contributed by atoms with van der Waals surface area (Å²) in [5.41, 5.74) is 2.12. The first-order chi connectivity index (χ1) is 20.3. The molecule has 3 aromatic rings. The quantitative estimate of drug-likeness (QED) is 0.310. The van der Waals surface area contributed by atoms with Crippen LogP contribution in [0, 0.1) is 25.6 Å². The third-order valence-corrected chi connectivity index (χ3v) is 10.6. The van der Waals surface area contributed by atoms with Crippen LogP contribution in [-0.2, 0) is 21.0 Å². The summed E-state index contributed by atoms with van der Waals surface area (Å²) in [7, 11) is -4.59. The van der Waals surface area contributed by atoms with Gasteiger partial charge in [-0.15, -0.1) is 0 Å². The average Bonchev–Trinajstić information content (AvgIpc) is 2.97. The molecule has 0 N–H and O–H groups in total. The number of piperidine rings is 1. The van der Waals surface area contributed by atoms with Crippen molar-refractivity contribution in [3.8, 4) is 0 Å². The number of aryl methyl sites for hydroxylation is 2. The number of sulfonamides is 1. The van der Waals surface area contributed by atoms with Gasteiger partial charge < -0.3 is 9.80 Å². The number of carbonyl (C=O) groups excluding carboxylic acids is 1. The first kappa shape index (κ1) is 31.3. The number of benzene rings is 3. The van der Waals surface area contributed by atoms with Gasteiger partial charge in [0.2, 0.25) is 15.9 Å². The van der Waals surface area contributed by atoms with Gasteiger partial charge in [0.1, 0.15) is 5.82 Å². The third-order valence-electron chi connectivity index (χ3n) is 8.44. The maximum atomic E-state index is 14.1. The fraction of sp³-hybridized carbons (Fsp3) is 0.387. The maximum Gasteiger partial charge on any atom is 0.417 e. The molecule has 2 heterocycles. The lowest BCUT2D eigenvalue weighted by Crippen LogP contribution is -2.54. The molecule has 43 heavy (non-hydrogen) atoms. The Morgan fingerprint density at radius 2 is 1.60 bits per heavy atom. The van der Waals surface area contributed by atoms with Gasteiger partial charge in [0.25, 0.3) is 0 Å². The lowest BCUT2D eigenvalue weighted by atomic mass is 9.78. The van der Waals surface area contributed by atoms with Crippen molar-refractivity contribution in [3.05, 3.63) is 93.8 Å². The fourth-order valence-electron chi connectivity index (χ4n) is 6.21. The van der Waals surface area contributed by atoms with E-state index in [0.717, 1.165) is 39.3 Å². The van der Waals surface area contributed by atoms with Crippen molar-refractivity contribution in [3.63, 3.8) is 0 Å². The first-order valence-corrected chi connectivity index (χ1v) is 15.8. The molecule has 230 valence electrons. The summed E-state index contributed by atoms with van der Waals surface area (Å²) in [6.07, 6.45) is -4.68. The predicted molar refractivity (Wildman–Crippen MR) is 157 cm³/mol. The van der Waals surface area contributed by atoms with E-state index in [1.807, 2.05) is 25.1 Å². The Hall–Kier alpha value is -3.15. The molecule has 0 bridgehead atoms. The van der Waals surface area contributed by atoms with Crippen molar-refractivity contribution >= 4 is 33.2 Å². The minimum Gasteiger partial charge on any atom is -0.368 e. The summed E-state index contributed by atoms with van der Waals surface area (Å²) in [4.78, 5) is 17.1. The Morgan fingerprint density at radius 1 is 0.907 bits per heavy atom. The minimum atomic E-state index is -4.87. The molecule has 0 unspecified atom stereocenters. The van der Waals surface area contributed by atoms with Crippen LogP contribution in [0.2, 0.25) is 5.02 Å². The average molecular weight is 638 g/mol. The highest BCUT2D eigenvalue weighted by atomic mass is 35.5. The molecule has 2 fully saturated rings. The molecule has 1 amide bonds. The molecule has 5 rings (SSSR count). The Kier molecular flexibility index (Phi) is 8.79. The summed E-state index contributed by atoms with van der Waals surface area (Å²) >= 11 is 6.21. The van der Waals surface area contributed by atoms with E-state index in [9.17, 15) is 30.8 Å². The van der Waals surface area contributed by atoms with Crippen molar-refractivity contribution in [2.24, 2.45) is 5.92 Å². The summed E-state index contributed by atoms with van der Waals surface area (Å²) in [6, 6.07) is 14.0. The van der Waals surface area contributed by atoms with Crippen molar-refractivity contribution in [2.45, 2.75) is 37.3 Å². The number of anilines is 1. The van der Waals surface area contributed by atoms with Crippen LogP contribution < -0.4 is 4.90 Å². The van der Waals surface area contributed by atoms with Gasteiger partial charge in [0, 0.05) is 50.0 Å². The SMILES string of the molecule is Cc1cc(F)ccc1[C@@H]1CCN(S(=O)(=O)c2ccccc2C(F)(F)F)C[C@@H]1C(=O)N1CCN(c2cc(Cl)ccc2C)CC1. The molecule has 0 aromatic heterocycles. The molecule has 2 atom stereocenters. The molecule has 0 aliphatic carbocycles. The zero-order chi connectivity index (χ0) is 31.1. The lowest BCUT2D eigenvalue weighted by Gasteiger charge is -2.42. The highest BCUT2D eigenvalue weighted by Gasteiger charge is 2.45. The van der Waals surface area contributed by atoms with E-state index in [1.165, 1.54) is 18.2 Å². The first-order valence-electron chi connectivity index (χ1n) is 14.0. The Labute approximate surface area is 253 Å². The van der Waals surface area contributed by atoms with E-state index in [2.05, 4.69) is 4.90 Å². The van der Waals surface area contributed by atoms with E-state index in [0.29, 0.717) is 36.8 Å². The van der Waals surface area contributed by atoms with Gasteiger partial charge in [-0.2, -0.15) is 17.5 Å². The highest BCUT2D eigenvalue weighted by Crippen LogP contribution is 2.40. The topological polar surface area (TPSA) is 60.9 Å². The van der Waals surface area contributed by atoms with Gasteiger partial charge in [0.05, 0.1) is 16.4 Å². The van der Waals surface area contributed by atoms with Crippen molar-refractivity contribution in [1.82, 2.24) is 9.21 Å². The van der Waals surface area contributed by atoms with Crippen molar-refractivity contribution in [1.29, 1.82) is 0 Å². The number of nitrogens with zero attached hydrogens (tertiary/aromatic N) is 3. The second-order valence-corrected chi connectivity index (χ2v) is 13.4. The number of hydrogen-bond donors (Lipinski definition) is 0. The molecule has 0 radical (unpaired) electrons. The molecular weight excluding hydrogens is 606 g/mol. The second-order valence-electron chi connectivity index (χ2n) is 11.1. The Balaban J connectivity index is 1.44. The van der Waals surface area contributed by atoms with Gasteiger partial charge in [-0.1, -0.05) is 35.9 Å². The molecular formula is C31H32ClF4N3O3S. The monoisotopic (exact) mass is 637 g/mol. The van der Waals surface area contributed by atoms with Crippen LogP contribution in [-0.4, -0.2) is 62.8 Å². The van der Waals surface area contributed by atoms with E-state index < -0.39 is 44.3 Å². The molecule has 2 saturated heterocycles. The Morgan fingerprint density at radius 3 is 2.28 bits per heavy atom. The summed E-state index contributed by atoms with van der Waals surface area (Å²) in [6.45, 7) is 5.15. The number of rotatable bonds is 5. The van der Waals surface area contributed by atoms with E-state index in [-0.39, 0.29) is 25.4 Å². The van der Waals surface area contributed by atoms with Crippen LogP contribution in [0.15, 0.2) is 65.6 Å². The smallest absolute Gasteiger partial charge is 0.368 e. The maximum absolute atomic E-state index is 14.1. The summed E-state index contributed by atoms with van der Waals surface area (Å²) in [5, 5.41) is 0.604. The number of hydrogen-bond acceptors (Lipinski definition) is 4. The summed E-state index contributed by atoms with van der Waals surface area (Å²) < 4.78 is 83.6. The van der Waals surface area contributed by atoms with E-state index in [1.54, 1.807) is 17.9 Å². The van der Waals surface area contributed by atoms with Crippen LogP contribution in [0.3, 0.4) is 0 Å². The molecule has 12 heteroatoms. The van der Waals surface area contributed by atoms with Gasteiger partial charge in [0.15, 0.2) is 0 Å². The molecule has 0 saturated carbocycles. The van der Waals surface area contributed by atoms with E-state index in [4.69, 9.17) is 11.6 Å². The fourth-order valence-corrected chi connectivity index (χ4v) is 8.07. The summed E-state index contributed by atoms with van der Waals surface area (Å²) in [5.74, 6) is -2.02. The van der Waals surface area contributed by atoms with Gasteiger partial charge in [-0.25, -0.2) is 12.8 Å². The predicted octanol–water partition coefficient (Wildman–Crippen LogP) is 6.26. The molecule has 3 aromatic carbocycles. The van der Waals surface area contributed by atoms with Gasteiger partial charge >= 0.3 is 6.18 Å². The Bertz CT molecular complexity index is 1620. The number of halogens is 5. The normalized spacial score (nSPS) is 20.3. The molecule has 6 nitrogen and oxygen atoms in total. The van der Waals surface area contributed by atoms with Crippen LogP contribution in [0.5, 0.6) is 0 Å². The van der Waals surface area contributed by atoms with Gasteiger partial charge in [-0.05, 0) is 79.3 Å². The van der Waals surface area contributed by atoms with Crippen LogP contribution in [0.1, 0.15) is 34.6 Å². The minimum absolute atomic E-state index is 0.0817. The number of amides is 1. The molecule has 0 spiro atoms. The zero-order valence-corrected chi connectivity index (χ0v) is 25.3. The van der Waals surface area contributed by atoms with Gasteiger partial charge in [-0.3, -0.25) is 4.79 Å². The number of piperazine rings is 1. The zero-order valence-electron chi connectivity index (χ0n) is 23.7.